The fourth-order valence-electron chi connectivity index (χ4n) is 3.49. The SMILES string of the molecule is O=C(O)C1CCCC1CNCc1ccccc1C1CC1. The van der Waals surface area contributed by atoms with Gasteiger partial charge in [0.1, 0.15) is 0 Å². The second-order valence-electron chi connectivity index (χ2n) is 6.24. The molecule has 1 aromatic carbocycles. The molecule has 0 bridgehead atoms. The van der Waals surface area contributed by atoms with E-state index < -0.39 is 5.97 Å². The highest BCUT2D eigenvalue weighted by Gasteiger charge is 2.32. The first-order chi connectivity index (χ1) is 9.75. The van der Waals surface area contributed by atoms with Crippen LogP contribution in [0.25, 0.3) is 0 Å². The summed E-state index contributed by atoms with van der Waals surface area (Å²) in [5.74, 6) is 0.320. The molecule has 108 valence electrons. The lowest BCUT2D eigenvalue weighted by Gasteiger charge is -2.17. The van der Waals surface area contributed by atoms with E-state index in [0.717, 1.165) is 38.3 Å². The van der Waals surface area contributed by atoms with Gasteiger partial charge >= 0.3 is 5.97 Å². The van der Waals surface area contributed by atoms with Crippen LogP contribution in [0.3, 0.4) is 0 Å². The number of carboxylic acid groups (broad SMARTS) is 1. The summed E-state index contributed by atoms with van der Waals surface area (Å²) in [4.78, 5) is 11.2. The number of rotatable bonds is 6. The van der Waals surface area contributed by atoms with Gasteiger partial charge in [-0.05, 0) is 55.2 Å². The van der Waals surface area contributed by atoms with Crippen molar-refractivity contribution in [2.75, 3.05) is 6.54 Å². The lowest BCUT2D eigenvalue weighted by molar-refractivity contribution is -0.142. The summed E-state index contributed by atoms with van der Waals surface area (Å²) in [5, 5.41) is 12.7. The first-order valence-corrected chi connectivity index (χ1v) is 7.77. The van der Waals surface area contributed by atoms with Crippen molar-refractivity contribution in [3.8, 4) is 0 Å². The summed E-state index contributed by atoms with van der Waals surface area (Å²) in [6.07, 6.45) is 5.60. The standard InChI is InChI=1S/C17H23NO2/c19-17(20)16-7-3-5-14(16)11-18-10-13-4-1-2-6-15(13)12-8-9-12/h1-2,4,6,12,14,16,18H,3,5,7-11H2,(H,19,20). The summed E-state index contributed by atoms with van der Waals surface area (Å²) in [5.41, 5.74) is 2.88. The van der Waals surface area contributed by atoms with Crippen molar-refractivity contribution in [1.82, 2.24) is 5.32 Å². The minimum atomic E-state index is -0.618. The van der Waals surface area contributed by atoms with Crippen molar-refractivity contribution in [1.29, 1.82) is 0 Å². The van der Waals surface area contributed by atoms with E-state index in [-0.39, 0.29) is 5.92 Å². The van der Waals surface area contributed by atoms with Gasteiger partial charge in [0.15, 0.2) is 0 Å². The molecule has 0 radical (unpaired) electrons. The van der Waals surface area contributed by atoms with Crippen LogP contribution in [0.15, 0.2) is 24.3 Å². The van der Waals surface area contributed by atoms with Crippen LogP contribution in [0.2, 0.25) is 0 Å². The van der Waals surface area contributed by atoms with Gasteiger partial charge in [-0.15, -0.1) is 0 Å². The maximum absolute atomic E-state index is 11.2. The monoisotopic (exact) mass is 273 g/mol. The van der Waals surface area contributed by atoms with Crippen molar-refractivity contribution < 1.29 is 9.90 Å². The third-order valence-electron chi connectivity index (χ3n) is 4.77. The van der Waals surface area contributed by atoms with Gasteiger partial charge in [-0.25, -0.2) is 0 Å². The third kappa shape index (κ3) is 3.04. The molecule has 0 aliphatic heterocycles. The zero-order valence-electron chi connectivity index (χ0n) is 11.8. The molecular weight excluding hydrogens is 250 g/mol. The highest BCUT2D eigenvalue weighted by Crippen LogP contribution is 2.41. The Balaban J connectivity index is 1.54. The molecule has 0 saturated heterocycles. The molecule has 0 heterocycles. The molecule has 0 spiro atoms. The Morgan fingerprint density at radius 2 is 2.00 bits per heavy atom. The topological polar surface area (TPSA) is 49.3 Å². The van der Waals surface area contributed by atoms with Gasteiger partial charge in [0.25, 0.3) is 0 Å². The molecule has 20 heavy (non-hydrogen) atoms. The fraction of sp³-hybridized carbons (Fsp3) is 0.588. The molecule has 0 aromatic heterocycles. The minimum Gasteiger partial charge on any atom is -0.481 e. The van der Waals surface area contributed by atoms with Gasteiger partial charge in [0.2, 0.25) is 0 Å². The quantitative estimate of drug-likeness (QED) is 0.837. The Labute approximate surface area is 120 Å². The summed E-state index contributed by atoms with van der Waals surface area (Å²) >= 11 is 0. The van der Waals surface area contributed by atoms with Crippen LogP contribution in [0, 0.1) is 11.8 Å². The van der Waals surface area contributed by atoms with Crippen molar-refractivity contribution in [2.24, 2.45) is 11.8 Å². The highest BCUT2D eigenvalue weighted by molar-refractivity contribution is 5.70. The van der Waals surface area contributed by atoms with Gasteiger partial charge in [-0.2, -0.15) is 0 Å². The van der Waals surface area contributed by atoms with Crippen LogP contribution in [0.4, 0.5) is 0 Å². The molecule has 2 atom stereocenters. The maximum Gasteiger partial charge on any atom is 0.306 e. The molecule has 3 heteroatoms. The van der Waals surface area contributed by atoms with E-state index in [0.29, 0.717) is 5.92 Å². The van der Waals surface area contributed by atoms with Gasteiger partial charge in [0, 0.05) is 6.54 Å². The van der Waals surface area contributed by atoms with E-state index in [1.807, 2.05) is 0 Å². The maximum atomic E-state index is 11.2. The predicted octanol–water partition coefficient (Wildman–Crippen LogP) is 3.15. The summed E-state index contributed by atoms with van der Waals surface area (Å²) in [6.45, 7) is 1.70. The molecule has 2 aliphatic rings. The number of benzene rings is 1. The molecule has 2 saturated carbocycles. The van der Waals surface area contributed by atoms with Crippen LogP contribution in [-0.4, -0.2) is 17.6 Å². The van der Waals surface area contributed by atoms with E-state index in [1.54, 1.807) is 0 Å². The summed E-state index contributed by atoms with van der Waals surface area (Å²) in [6, 6.07) is 8.65. The number of carbonyl (C=O) groups is 1. The zero-order chi connectivity index (χ0) is 13.9. The van der Waals surface area contributed by atoms with Crippen molar-refractivity contribution in [2.45, 2.75) is 44.6 Å². The molecule has 0 amide bonds. The molecule has 2 fully saturated rings. The second-order valence-corrected chi connectivity index (χ2v) is 6.24. The average molecular weight is 273 g/mol. The molecule has 3 nitrogen and oxygen atoms in total. The fourth-order valence-corrected chi connectivity index (χ4v) is 3.49. The first-order valence-electron chi connectivity index (χ1n) is 7.77. The lowest BCUT2D eigenvalue weighted by Crippen LogP contribution is -2.29. The Kier molecular flexibility index (Phi) is 4.06. The Morgan fingerprint density at radius 3 is 2.75 bits per heavy atom. The molecule has 2 unspecified atom stereocenters. The number of aliphatic carboxylic acids is 1. The average Bonchev–Trinajstić information content (AvgIpc) is 3.18. The highest BCUT2D eigenvalue weighted by atomic mass is 16.4. The molecule has 2 aliphatic carbocycles. The molecule has 1 aromatic rings. The van der Waals surface area contributed by atoms with Gasteiger partial charge < -0.3 is 10.4 Å². The third-order valence-corrected chi connectivity index (χ3v) is 4.77. The molecule has 2 N–H and O–H groups in total. The van der Waals surface area contributed by atoms with Gasteiger partial charge in [-0.1, -0.05) is 30.7 Å². The van der Waals surface area contributed by atoms with E-state index in [2.05, 4.69) is 29.6 Å². The summed E-state index contributed by atoms with van der Waals surface area (Å²) in [7, 11) is 0. The van der Waals surface area contributed by atoms with Gasteiger partial charge in [-0.3, -0.25) is 4.79 Å². The molecular formula is C17H23NO2. The van der Waals surface area contributed by atoms with Crippen LogP contribution in [0.1, 0.15) is 49.1 Å². The summed E-state index contributed by atoms with van der Waals surface area (Å²) < 4.78 is 0. The number of carboxylic acids is 1. The smallest absolute Gasteiger partial charge is 0.306 e. The first kappa shape index (κ1) is 13.6. The number of hydrogen-bond acceptors (Lipinski definition) is 2. The van der Waals surface area contributed by atoms with Crippen LogP contribution in [0.5, 0.6) is 0 Å². The lowest BCUT2D eigenvalue weighted by atomic mass is 9.96. The zero-order valence-corrected chi connectivity index (χ0v) is 11.8. The van der Waals surface area contributed by atoms with Crippen molar-refractivity contribution >= 4 is 5.97 Å². The Bertz CT molecular complexity index is 482. The van der Waals surface area contributed by atoms with Crippen LogP contribution >= 0.6 is 0 Å². The second kappa shape index (κ2) is 5.96. The van der Waals surface area contributed by atoms with E-state index in [9.17, 15) is 9.90 Å². The normalized spacial score (nSPS) is 25.8. The number of hydrogen-bond donors (Lipinski definition) is 2. The van der Waals surface area contributed by atoms with Crippen LogP contribution in [-0.2, 0) is 11.3 Å². The molecule has 3 rings (SSSR count). The van der Waals surface area contributed by atoms with E-state index in [1.165, 1.54) is 24.0 Å². The van der Waals surface area contributed by atoms with E-state index >= 15 is 0 Å². The van der Waals surface area contributed by atoms with Gasteiger partial charge in [0.05, 0.1) is 5.92 Å². The minimum absolute atomic E-state index is 0.138. The van der Waals surface area contributed by atoms with Crippen molar-refractivity contribution in [3.05, 3.63) is 35.4 Å². The number of nitrogens with one attached hydrogen (secondary N) is 1. The Morgan fingerprint density at radius 1 is 1.20 bits per heavy atom. The van der Waals surface area contributed by atoms with Crippen LogP contribution < -0.4 is 5.32 Å². The predicted molar refractivity (Wildman–Crippen MR) is 78.6 cm³/mol. The largest absolute Gasteiger partial charge is 0.481 e. The Hall–Kier alpha value is -1.35. The van der Waals surface area contributed by atoms with E-state index in [4.69, 9.17) is 0 Å². The van der Waals surface area contributed by atoms with Crippen molar-refractivity contribution in [3.63, 3.8) is 0 Å².